The first-order chi connectivity index (χ1) is 7.15. The number of amides is 1. The predicted molar refractivity (Wildman–Crippen MR) is 60.9 cm³/mol. The zero-order chi connectivity index (χ0) is 11.3. The van der Waals surface area contributed by atoms with Gasteiger partial charge in [-0.1, -0.05) is 12.1 Å². The second-order valence-corrected chi connectivity index (χ2v) is 3.30. The Morgan fingerprint density at radius 2 is 2.33 bits per heavy atom. The van der Waals surface area contributed by atoms with Crippen LogP contribution < -0.4 is 4.90 Å². The van der Waals surface area contributed by atoms with Crippen molar-refractivity contribution in [3.05, 3.63) is 36.9 Å². The molecule has 0 radical (unpaired) electrons. The molecule has 1 N–H and O–H groups in total. The summed E-state index contributed by atoms with van der Waals surface area (Å²) in [5.74, 6) is 0.177. The summed E-state index contributed by atoms with van der Waals surface area (Å²) in [6, 6.07) is 6.63. The molecule has 15 heavy (non-hydrogen) atoms. The monoisotopic (exact) mass is 205 g/mol. The third-order valence-corrected chi connectivity index (χ3v) is 2.15. The Labute approximate surface area is 89.6 Å². The smallest absolute Gasteiger partial charge is 0.227 e. The minimum atomic E-state index is 0.0144. The number of nitrogens with zero attached hydrogens (tertiary/aromatic N) is 1. The van der Waals surface area contributed by atoms with Gasteiger partial charge in [-0.15, -0.1) is 6.58 Å². The van der Waals surface area contributed by atoms with Gasteiger partial charge in [-0.2, -0.15) is 0 Å². The molecule has 0 saturated heterocycles. The van der Waals surface area contributed by atoms with Crippen molar-refractivity contribution in [1.29, 1.82) is 0 Å². The van der Waals surface area contributed by atoms with Crippen molar-refractivity contribution in [2.45, 2.75) is 12.8 Å². The number of hydrogen-bond donors (Lipinski definition) is 1. The molecule has 0 bridgehead atoms. The fourth-order valence-corrected chi connectivity index (χ4v) is 1.24. The van der Waals surface area contributed by atoms with Crippen molar-refractivity contribution in [2.75, 3.05) is 11.9 Å². The Morgan fingerprint density at radius 1 is 1.60 bits per heavy atom. The summed E-state index contributed by atoms with van der Waals surface area (Å²) in [4.78, 5) is 13.1. The van der Waals surface area contributed by atoms with Crippen LogP contribution in [0.5, 0.6) is 5.75 Å². The normalized spacial score (nSPS) is 9.67. The third kappa shape index (κ3) is 3.13. The standard InChI is InChI=1S/C12H15NO2/c1-3-4-8-12(15)13(2)10-6-5-7-11(14)9-10/h3,5-7,9,14H,1,4,8H2,2H3. The quantitative estimate of drug-likeness (QED) is 0.766. The molecule has 1 rings (SSSR count). The zero-order valence-electron chi connectivity index (χ0n) is 8.81. The maximum Gasteiger partial charge on any atom is 0.227 e. The maximum absolute atomic E-state index is 11.6. The van der Waals surface area contributed by atoms with Crippen LogP contribution in [0.3, 0.4) is 0 Å². The van der Waals surface area contributed by atoms with E-state index in [1.54, 1.807) is 37.4 Å². The molecule has 0 aliphatic rings. The summed E-state index contributed by atoms with van der Waals surface area (Å²) in [5.41, 5.74) is 0.698. The summed E-state index contributed by atoms with van der Waals surface area (Å²) in [6.07, 6.45) is 2.83. The molecule has 0 spiro atoms. The van der Waals surface area contributed by atoms with E-state index in [0.717, 1.165) is 0 Å². The van der Waals surface area contributed by atoms with Gasteiger partial charge in [-0.05, 0) is 18.6 Å². The van der Waals surface area contributed by atoms with Gasteiger partial charge in [0.25, 0.3) is 0 Å². The van der Waals surface area contributed by atoms with Gasteiger partial charge in [0.05, 0.1) is 0 Å². The van der Waals surface area contributed by atoms with Crippen LogP contribution in [0.2, 0.25) is 0 Å². The highest BCUT2D eigenvalue weighted by Crippen LogP contribution is 2.19. The first-order valence-electron chi connectivity index (χ1n) is 4.81. The van der Waals surface area contributed by atoms with Crippen LogP contribution >= 0.6 is 0 Å². The molecule has 0 atom stereocenters. The molecule has 0 unspecified atom stereocenters. The van der Waals surface area contributed by atoms with Gasteiger partial charge in [0.1, 0.15) is 5.75 Å². The molecule has 3 heteroatoms. The lowest BCUT2D eigenvalue weighted by Gasteiger charge is -2.16. The number of benzene rings is 1. The van der Waals surface area contributed by atoms with E-state index in [0.29, 0.717) is 18.5 Å². The lowest BCUT2D eigenvalue weighted by atomic mass is 10.2. The minimum absolute atomic E-state index is 0.0144. The molecule has 1 amide bonds. The second-order valence-electron chi connectivity index (χ2n) is 3.30. The molecule has 1 aromatic carbocycles. The van der Waals surface area contributed by atoms with Crippen LogP contribution in [-0.4, -0.2) is 18.1 Å². The van der Waals surface area contributed by atoms with Gasteiger partial charge in [0, 0.05) is 25.2 Å². The molecule has 3 nitrogen and oxygen atoms in total. The largest absolute Gasteiger partial charge is 0.508 e. The number of carbonyl (C=O) groups is 1. The number of phenols is 1. The van der Waals surface area contributed by atoms with Gasteiger partial charge in [-0.25, -0.2) is 0 Å². The molecular formula is C12H15NO2. The lowest BCUT2D eigenvalue weighted by Crippen LogP contribution is -2.25. The van der Waals surface area contributed by atoms with E-state index in [1.807, 2.05) is 0 Å². The Bertz CT molecular complexity index is 360. The average molecular weight is 205 g/mol. The summed E-state index contributed by atoms with van der Waals surface area (Å²) in [7, 11) is 1.69. The number of allylic oxidation sites excluding steroid dienone is 1. The summed E-state index contributed by atoms with van der Waals surface area (Å²) >= 11 is 0. The number of hydrogen-bond acceptors (Lipinski definition) is 2. The van der Waals surface area contributed by atoms with E-state index >= 15 is 0 Å². The van der Waals surface area contributed by atoms with Gasteiger partial charge in [0.15, 0.2) is 0 Å². The van der Waals surface area contributed by atoms with Gasteiger partial charge < -0.3 is 10.0 Å². The van der Waals surface area contributed by atoms with E-state index in [4.69, 9.17) is 0 Å². The highest BCUT2D eigenvalue weighted by atomic mass is 16.3. The molecule has 80 valence electrons. The van der Waals surface area contributed by atoms with Gasteiger partial charge in [0.2, 0.25) is 5.91 Å². The number of phenolic OH excluding ortho intramolecular Hbond substituents is 1. The van der Waals surface area contributed by atoms with Crippen LogP contribution in [0.4, 0.5) is 5.69 Å². The first-order valence-corrected chi connectivity index (χ1v) is 4.81. The van der Waals surface area contributed by atoms with Crippen molar-refractivity contribution in [1.82, 2.24) is 0 Å². The van der Waals surface area contributed by atoms with Crippen molar-refractivity contribution in [2.24, 2.45) is 0 Å². The van der Waals surface area contributed by atoms with E-state index in [9.17, 15) is 9.90 Å². The van der Waals surface area contributed by atoms with Crippen LogP contribution in [0.1, 0.15) is 12.8 Å². The van der Waals surface area contributed by atoms with E-state index in [-0.39, 0.29) is 11.7 Å². The summed E-state index contributed by atoms with van der Waals surface area (Å²) in [5, 5.41) is 9.27. The molecule has 0 fully saturated rings. The summed E-state index contributed by atoms with van der Waals surface area (Å²) in [6.45, 7) is 3.57. The Morgan fingerprint density at radius 3 is 2.93 bits per heavy atom. The first kappa shape index (κ1) is 11.3. The molecule has 0 aliphatic heterocycles. The fraction of sp³-hybridized carbons (Fsp3) is 0.250. The van der Waals surface area contributed by atoms with Crippen molar-refractivity contribution < 1.29 is 9.90 Å². The molecule has 0 saturated carbocycles. The van der Waals surface area contributed by atoms with Crippen LogP contribution in [0.25, 0.3) is 0 Å². The van der Waals surface area contributed by atoms with Gasteiger partial charge in [-0.3, -0.25) is 4.79 Å². The molecule has 1 aromatic rings. The fourth-order valence-electron chi connectivity index (χ4n) is 1.24. The second kappa shape index (κ2) is 5.20. The maximum atomic E-state index is 11.6. The third-order valence-electron chi connectivity index (χ3n) is 2.15. The number of aromatic hydroxyl groups is 1. The Hall–Kier alpha value is -1.77. The van der Waals surface area contributed by atoms with E-state index < -0.39 is 0 Å². The molecular weight excluding hydrogens is 190 g/mol. The highest BCUT2D eigenvalue weighted by molar-refractivity contribution is 5.92. The molecule has 0 heterocycles. The molecule has 0 aliphatic carbocycles. The Balaban J connectivity index is 2.71. The number of anilines is 1. The van der Waals surface area contributed by atoms with Crippen LogP contribution in [-0.2, 0) is 4.79 Å². The van der Waals surface area contributed by atoms with Crippen molar-refractivity contribution >= 4 is 11.6 Å². The average Bonchev–Trinajstić information content (AvgIpc) is 2.24. The van der Waals surface area contributed by atoms with Crippen molar-refractivity contribution in [3.8, 4) is 5.75 Å². The topological polar surface area (TPSA) is 40.5 Å². The van der Waals surface area contributed by atoms with E-state index in [2.05, 4.69) is 6.58 Å². The molecule has 0 aromatic heterocycles. The van der Waals surface area contributed by atoms with Gasteiger partial charge >= 0.3 is 0 Å². The predicted octanol–water partition coefficient (Wildman–Crippen LogP) is 2.32. The zero-order valence-corrected chi connectivity index (χ0v) is 8.81. The summed E-state index contributed by atoms with van der Waals surface area (Å²) < 4.78 is 0. The van der Waals surface area contributed by atoms with Crippen molar-refractivity contribution in [3.63, 3.8) is 0 Å². The van der Waals surface area contributed by atoms with Crippen LogP contribution in [0, 0.1) is 0 Å². The SMILES string of the molecule is C=CCCC(=O)N(C)c1cccc(O)c1. The number of rotatable bonds is 4. The number of carbonyl (C=O) groups excluding carboxylic acids is 1. The minimum Gasteiger partial charge on any atom is -0.508 e. The van der Waals surface area contributed by atoms with Crippen LogP contribution in [0.15, 0.2) is 36.9 Å². The Kier molecular flexibility index (Phi) is 3.92. The van der Waals surface area contributed by atoms with E-state index in [1.165, 1.54) is 4.90 Å². The lowest BCUT2D eigenvalue weighted by molar-refractivity contribution is -0.118. The highest BCUT2D eigenvalue weighted by Gasteiger charge is 2.09.